The molecule has 1 amide bonds. The van der Waals surface area contributed by atoms with Crippen LogP contribution < -0.4 is 14.9 Å². The van der Waals surface area contributed by atoms with Crippen molar-refractivity contribution in [1.29, 1.82) is 0 Å². The minimum absolute atomic E-state index is 0.278. The molecule has 0 unspecified atom stereocenters. The zero-order valence-electron chi connectivity index (χ0n) is 17.2. The number of rotatable bonds is 8. The van der Waals surface area contributed by atoms with Crippen LogP contribution in [0.5, 0.6) is 11.5 Å². The average molecular weight is 502 g/mol. The van der Waals surface area contributed by atoms with Gasteiger partial charge in [0.2, 0.25) is 0 Å². The number of benzene rings is 3. The summed E-state index contributed by atoms with van der Waals surface area (Å²) in [7, 11) is 0. The molecule has 5 nitrogen and oxygen atoms in total. The van der Waals surface area contributed by atoms with Crippen molar-refractivity contribution in [3.63, 3.8) is 0 Å². The van der Waals surface area contributed by atoms with Crippen molar-refractivity contribution in [3.05, 3.63) is 92.4 Å². The molecule has 0 aromatic heterocycles. The minimum Gasteiger partial charge on any atom is -0.490 e. The van der Waals surface area contributed by atoms with Crippen LogP contribution in [0.4, 0.5) is 0 Å². The Morgan fingerprint density at radius 2 is 1.87 bits per heavy atom. The fraction of sp³-hybridized carbons (Fsp3) is 0.167. The van der Waals surface area contributed by atoms with Gasteiger partial charge in [-0.25, -0.2) is 5.43 Å². The van der Waals surface area contributed by atoms with E-state index in [-0.39, 0.29) is 5.91 Å². The summed E-state index contributed by atoms with van der Waals surface area (Å²) in [6, 6.07) is 18.7. The summed E-state index contributed by atoms with van der Waals surface area (Å²) in [6.07, 6.45) is 1.52. The van der Waals surface area contributed by atoms with Gasteiger partial charge in [0, 0.05) is 10.0 Å². The highest BCUT2D eigenvalue weighted by molar-refractivity contribution is 9.10. The van der Waals surface area contributed by atoms with E-state index >= 15 is 0 Å². The molecule has 0 heterocycles. The molecule has 3 rings (SSSR count). The Labute approximate surface area is 195 Å². The van der Waals surface area contributed by atoms with Gasteiger partial charge < -0.3 is 9.47 Å². The third kappa shape index (κ3) is 6.32. The van der Waals surface area contributed by atoms with Gasteiger partial charge in [-0.05, 0) is 60.9 Å². The first-order valence-corrected chi connectivity index (χ1v) is 10.9. The quantitative estimate of drug-likeness (QED) is 0.297. The number of ether oxygens (including phenoxy) is 2. The van der Waals surface area contributed by atoms with E-state index in [2.05, 4.69) is 26.5 Å². The molecule has 160 valence electrons. The molecule has 3 aromatic rings. The number of amides is 1. The highest BCUT2D eigenvalue weighted by Crippen LogP contribution is 2.37. The fourth-order valence-corrected chi connectivity index (χ4v) is 3.39. The summed E-state index contributed by atoms with van der Waals surface area (Å²) in [5.74, 6) is 0.700. The lowest BCUT2D eigenvalue weighted by atomic mass is 10.1. The van der Waals surface area contributed by atoms with Crippen molar-refractivity contribution in [2.75, 3.05) is 6.61 Å². The van der Waals surface area contributed by atoms with Crippen molar-refractivity contribution < 1.29 is 14.3 Å². The summed E-state index contributed by atoms with van der Waals surface area (Å²) >= 11 is 9.88. The lowest BCUT2D eigenvalue weighted by Crippen LogP contribution is -2.18. The van der Waals surface area contributed by atoms with Crippen molar-refractivity contribution in [1.82, 2.24) is 5.43 Å². The van der Waals surface area contributed by atoms with Crippen LogP contribution in [0.25, 0.3) is 0 Å². The van der Waals surface area contributed by atoms with Gasteiger partial charge in [0.1, 0.15) is 6.61 Å². The molecule has 1 N–H and O–H groups in total. The lowest BCUT2D eigenvalue weighted by molar-refractivity contribution is 0.0954. The van der Waals surface area contributed by atoms with Gasteiger partial charge in [-0.1, -0.05) is 57.9 Å². The van der Waals surface area contributed by atoms with E-state index in [1.165, 1.54) is 6.21 Å². The maximum atomic E-state index is 12.3. The largest absolute Gasteiger partial charge is 0.490 e. The topological polar surface area (TPSA) is 59.9 Å². The molecule has 7 heteroatoms. The first-order valence-electron chi connectivity index (χ1n) is 9.70. The van der Waals surface area contributed by atoms with E-state index in [1.807, 2.05) is 56.3 Å². The summed E-state index contributed by atoms with van der Waals surface area (Å²) in [6.45, 7) is 4.57. The fourth-order valence-electron chi connectivity index (χ4n) is 2.85. The minimum atomic E-state index is -0.278. The third-order valence-corrected chi connectivity index (χ3v) is 5.21. The van der Waals surface area contributed by atoms with E-state index in [0.29, 0.717) is 40.9 Å². The Balaban J connectivity index is 1.73. The Morgan fingerprint density at radius 1 is 1.13 bits per heavy atom. The van der Waals surface area contributed by atoms with Gasteiger partial charge >= 0.3 is 0 Å². The number of hydrogen-bond acceptors (Lipinski definition) is 4. The van der Waals surface area contributed by atoms with Crippen molar-refractivity contribution in [2.24, 2.45) is 5.10 Å². The number of carbonyl (C=O) groups excluding carboxylic acids is 1. The summed E-state index contributed by atoms with van der Waals surface area (Å²) < 4.78 is 12.6. The number of nitrogens with zero attached hydrogens (tertiary/aromatic N) is 1. The lowest BCUT2D eigenvalue weighted by Gasteiger charge is -2.14. The molecule has 0 saturated heterocycles. The number of hydrazone groups is 1. The van der Waals surface area contributed by atoms with E-state index in [0.717, 1.165) is 15.6 Å². The molecule has 0 radical (unpaired) electrons. The SMILES string of the molecule is CCOc1cc(/C=N/NC(=O)c2ccccc2C)cc(Cl)c1OCc1ccc(Br)cc1. The molecule has 0 aliphatic heterocycles. The zero-order valence-corrected chi connectivity index (χ0v) is 19.5. The third-order valence-electron chi connectivity index (χ3n) is 4.40. The molecule has 0 bridgehead atoms. The van der Waals surface area contributed by atoms with Crippen LogP contribution in [0, 0.1) is 6.92 Å². The normalized spacial score (nSPS) is 10.8. The van der Waals surface area contributed by atoms with Crippen molar-refractivity contribution in [2.45, 2.75) is 20.5 Å². The van der Waals surface area contributed by atoms with Crippen molar-refractivity contribution in [3.8, 4) is 11.5 Å². The zero-order chi connectivity index (χ0) is 22.2. The molecule has 0 atom stereocenters. The van der Waals surface area contributed by atoms with Gasteiger partial charge in [0.05, 0.1) is 17.8 Å². The average Bonchev–Trinajstić information content (AvgIpc) is 2.75. The number of halogens is 2. The van der Waals surface area contributed by atoms with Gasteiger partial charge in [0.25, 0.3) is 5.91 Å². The van der Waals surface area contributed by atoms with Crippen LogP contribution in [-0.2, 0) is 6.61 Å². The number of hydrogen-bond donors (Lipinski definition) is 1. The van der Waals surface area contributed by atoms with E-state index in [9.17, 15) is 4.79 Å². The highest BCUT2D eigenvalue weighted by Gasteiger charge is 2.13. The van der Waals surface area contributed by atoms with Crippen molar-refractivity contribution >= 4 is 39.7 Å². The molecular weight excluding hydrogens is 480 g/mol. The van der Waals surface area contributed by atoms with E-state index < -0.39 is 0 Å². The van der Waals surface area contributed by atoms with E-state index in [1.54, 1.807) is 18.2 Å². The van der Waals surface area contributed by atoms with Crippen LogP contribution in [0.3, 0.4) is 0 Å². The first-order chi connectivity index (χ1) is 15.0. The van der Waals surface area contributed by atoms with Crippen LogP contribution in [0.15, 0.2) is 70.2 Å². The highest BCUT2D eigenvalue weighted by atomic mass is 79.9. The monoisotopic (exact) mass is 500 g/mol. The van der Waals surface area contributed by atoms with Gasteiger partial charge in [-0.15, -0.1) is 0 Å². The van der Waals surface area contributed by atoms with Gasteiger partial charge in [-0.3, -0.25) is 4.79 Å². The van der Waals surface area contributed by atoms with Crippen LogP contribution in [0.2, 0.25) is 5.02 Å². The molecule has 3 aromatic carbocycles. The second-order valence-corrected chi connectivity index (χ2v) is 8.02. The predicted molar refractivity (Wildman–Crippen MR) is 127 cm³/mol. The summed E-state index contributed by atoms with van der Waals surface area (Å²) in [5, 5.41) is 4.45. The molecule has 0 saturated carbocycles. The van der Waals surface area contributed by atoms with E-state index in [4.69, 9.17) is 21.1 Å². The smallest absolute Gasteiger partial charge is 0.271 e. The Kier molecular flexibility index (Phi) is 8.09. The second-order valence-electron chi connectivity index (χ2n) is 6.69. The molecule has 31 heavy (non-hydrogen) atoms. The molecule has 0 aliphatic rings. The van der Waals surface area contributed by atoms with Crippen LogP contribution in [-0.4, -0.2) is 18.7 Å². The number of carbonyl (C=O) groups is 1. The standard InChI is InChI=1S/C24H22BrClN2O3/c1-3-30-22-13-18(14-27-28-24(29)20-7-5-4-6-16(20)2)12-21(26)23(22)31-15-17-8-10-19(25)11-9-17/h4-14H,3,15H2,1-2H3,(H,28,29)/b27-14+. The van der Waals surface area contributed by atoms with Crippen LogP contribution >= 0.6 is 27.5 Å². The van der Waals surface area contributed by atoms with Crippen LogP contribution in [0.1, 0.15) is 34.0 Å². The maximum absolute atomic E-state index is 12.3. The predicted octanol–water partition coefficient (Wildman–Crippen LogP) is 6.15. The molecule has 0 spiro atoms. The van der Waals surface area contributed by atoms with Gasteiger partial charge in [0.15, 0.2) is 11.5 Å². The Bertz CT molecular complexity index is 1080. The summed E-state index contributed by atoms with van der Waals surface area (Å²) in [4.78, 5) is 12.3. The number of aryl methyl sites for hydroxylation is 1. The second kappa shape index (κ2) is 11.0. The Hall–Kier alpha value is -2.83. The van der Waals surface area contributed by atoms with Gasteiger partial charge in [-0.2, -0.15) is 5.10 Å². The molecular formula is C24H22BrClN2O3. The summed E-state index contributed by atoms with van der Waals surface area (Å²) in [5.41, 5.74) is 5.67. The first kappa shape index (κ1) is 22.8. The maximum Gasteiger partial charge on any atom is 0.271 e. The Morgan fingerprint density at radius 3 is 2.58 bits per heavy atom. The molecule has 0 fully saturated rings. The molecule has 0 aliphatic carbocycles. The number of nitrogens with one attached hydrogen (secondary N) is 1.